The molecule has 15 heavy (non-hydrogen) atoms. The van der Waals surface area contributed by atoms with Gasteiger partial charge in [-0.3, -0.25) is 4.90 Å². The second-order valence-electron chi connectivity index (χ2n) is 3.94. The van der Waals surface area contributed by atoms with Gasteiger partial charge in [0.05, 0.1) is 12.1 Å². The second kappa shape index (κ2) is 4.00. The van der Waals surface area contributed by atoms with E-state index >= 15 is 0 Å². The lowest BCUT2D eigenvalue weighted by atomic mass is 9.99. The number of hydrogen-bond donors (Lipinski definition) is 0. The Kier molecular flexibility index (Phi) is 2.70. The van der Waals surface area contributed by atoms with Crippen LogP contribution in [0.25, 0.3) is 0 Å². The third kappa shape index (κ3) is 2.00. The summed E-state index contributed by atoms with van der Waals surface area (Å²) in [4.78, 5) is 2.11. The van der Waals surface area contributed by atoms with E-state index in [1.807, 2.05) is 13.0 Å². The minimum Gasteiger partial charge on any atom is -0.284 e. The molecule has 1 aliphatic heterocycles. The largest absolute Gasteiger partial charge is 0.284 e. The summed E-state index contributed by atoms with van der Waals surface area (Å²) in [5.41, 5.74) is 2.22. The Morgan fingerprint density at radius 1 is 1.47 bits per heavy atom. The first-order valence-corrected chi connectivity index (χ1v) is 5.11. The van der Waals surface area contributed by atoms with E-state index in [1.54, 1.807) is 6.07 Å². The van der Waals surface area contributed by atoms with Gasteiger partial charge < -0.3 is 0 Å². The van der Waals surface area contributed by atoms with Crippen molar-refractivity contribution in [1.82, 2.24) is 4.90 Å². The van der Waals surface area contributed by atoms with E-state index < -0.39 is 0 Å². The highest BCUT2D eigenvalue weighted by molar-refractivity contribution is 5.30. The summed E-state index contributed by atoms with van der Waals surface area (Å²) in [6.45, 7) is 3.49. The van der Waals surface area contributed by atoms with Gasteiger partial charge in [0.25, 0.3) is 0 Å². The van der Waals surface area contributed by atoms with Gasteiger partial charge in [-0.05, 0) is 36.6 Å². The van der Waals surface area contributed by atoms with Gasteiger partial charge in [0, 0.05) is 13.1 Å². The van der Waals surface area contributed by atoms with Crippen LogP contribution in [0.5, 0.6) is 0 Å². The van der Waals surface area contributed by atoms with Crippen molar-refractivity contribution >= 4 is 0 Å². The molecule has 0 saturated heterocycles. The zero-order valence-corrected chi connectivity index (χ0v) is 8.70. The van der Waals surface area contributed by atoms with E-state index in [4.69, 9.17) is 5.26 Å². The summed E-state index contributed by atoms with van der Waals surface area (Å²) in [6, 6.07) is 7.07. The van der Waals surface area contributed by atoms with Gasteiger partial charge in [-0.15, -0.1) is 0 Å². The van der Waals surface area contributed by atoms with Crippen molar-refractivity contribution < 1.29 is 4.39 Å². The Hall–Kier alpha value is -1.40. The van der Waals surface area contributed by atoms with Crippen molar-refractivity contribution in [1.29, 1.82) is 5.26 Å². The highest BCUT2D eigenvalue weighted by Gasteiger charge is 2.20. The molecule has 3 heteroatoms. The molecule has 0 saturated carbocycles. The van der Waals surface area contributed by atoms with Gasteiger partial charge in [-0.1, -0.05) is 6.07 Å². The van der Waals surface area contributed by atoms with Gasteiger partial charge >= 0.3 is 0 Å². The predicted octanol–water partition coefficient (Wildman–Crippen LogP) is 2.10. The Labute approximate surface area is 88.9 Å². The molecule has 0 N–H and O–H groups in total. The molecule has 0 amide bonds. The number of rotatable bonds is 1. The Bertz CT molecular complexity index is 409. The molecule has 0 radical (unpaired) electrons. The average molecular weight is 204 g/mol. The summed E-state index contributed by atoms with van der Waals surface area (Å²) in [7, 11) is 0. The molecule has 0 fully saturated rings. The topological polar surface area (TPSA) is 27.0 Å². The van der Waals surface area contributed by atoms with Gasteiger partial charge in [0.15, 0.2) is 0 Å². The van der Waals surface area contributed by atoms with Crippen LogP contribution >= 0.6 is 0 Å². The number of benzene rings is 1. The molecule has 0 bridgehead atoms. The molecule has 1 atom stereocenters. The quantitative estimate of drug-likeness (QED) is 0.700. The van der Waals surface area contributed by atoms with Crippen LogP contribution in [0.15, 0.2) is 18.2 Å². The fourth-order valence-corrected chi connectivity index (χ4v) is 1.96. The van der Waals surface area contributed by atoms with Crippen LogP contribution in [0.3, 0.4) is 0 Å². The van der Waals surface area contributed by atoms with Crippen LogP contribution in [0, 0.1) is 17.1 Å². The third-order valence-corrected chi connectivity index (χ3v) is 2.94. The molecule has 1 aliphatic rings. The summed E-state index contributed by atoms with van der Waals surface area (Å²) >= 11 is 0. The lowest BCUT2D eigenvalue weighted by molar-refractivity contribution is 0.226. The zero-order valence-electron chi connectivity index (χ0n) is 8.70. The molecule has 0 aliphatic carbocycles. The van der Waals surface area contributed by atoms with Gasteiger partial charge in [-0.25, -0.2) is 4.39 Å². The number of hydrogen-bond acceptors (Lipinski definition) is 2. The Morgan fingerprint density at radius 2 is 2.27 bits per heavy atom. The first-order valence-electron chi connectivity index (χ1n) is 5.11. The van der Waals surface area contributed by atoms with E-state index in [2.05, 4.69) is 11.0 Å². The molecule has 1 aromatic rings. The molecular weight excluding hydrogens is 191 g/mol. The van der Waals surface area contributed by atoms with Crippen molar-refractivity contribution in [3.63, 3.8) is 0 Å². The van der Waals surface area contributed by atoms with E-state index in [0.29, 0.717) is 0 Å². The summed E-state index contributed by atoms with van der Waals surface area (Å²) in [5.74, 6) is -0.171. The molecule has 0 spiro atoms. The summed E-state index contributed by atoms with van der Waals surface area (Å²) < 4.78 is 13.0. The molecular formula is C12H13FN2. The Balaban J connectivity index is 2.21. The highest BCUT2D eigenvalue weighted by atomic mass is 19.1. The maximum absolute atomic E-state index is 13.0. The van der Waals surface area contributed by atoms with Crippen LogP contribution in [-0.4, -0.2) is 17.5 Å². The Morgan fingerprint density at radius 3 is 3.00 bits per heavy atom. The van der Waals surface area contributed by atoms with Crippen molar-refractivity contribution in [3.05, 3.63) is 35.1 Å². The van der Waals surface area contributed by atoms with Gasteiger partial charge in [0.1, 0.15) is 5.82 Å². The summed E-state index contributed by atoms with van der Waals surface area (Å²) in [6.07, 6.45) is 0.832. The molecule has 2 nitrogen and oxygen atoms in total. The molecule has 1 aromatic carbocycles. The van der Waals surface area contributed by atoms with Crippen LogP contribution in [0.1, 0.15) is 18.1 Å². The number of halogens is 1. The minimum atomic E-state index is -0.171. The smallest absolute Gasteiger partial charge is 0.123 e. The summed E-state index contributed by atoms with van der Waals surface area (Å²) in [5, 5.41) is 8.83. The van der Waals surface area contributed by atoms with Crippen molar-refractivity contribution in [2.75, 3.05) is 6.54 Å². The normalized spacial score (nSPS) is 17.9. The maximum Gasteiger partial charge on any atom is 0.123 e. The molecule has 0 aromatic heterocycles. The molecule has 78 valence electrons. The maximum atomic E-state index is 13.0. The minimum absolute atomic E-state index is 0.0665. The van der Waals surface area contributed by atoms with E-state index in [9.17, 15) is 4.39 Å². The van der Waals surface area contributed by atoms with Crippen LogP contribution < -0.4 is 0 Å². The zero-order chi connectivity index (χ0) is 10.8. The van der Waals surface area contributed by atoms with E-state index in [0.717, 1.165) is 30.6 Å². The van der Waals surface area contributed by atoms with Crippen molar-refractivity contribution in [2.45, 2.75) is 25.9 Å². The standard InChI is InChI=1S/C12H13FN2/c1-9(7-14)15-5-4-10-6-12(13)3-2-11(10)8-15/h2-3,6,9H,4-5,8H2,1H3/t9-/m0/s1. The number of fused-ring (bicyclic) bond motifs is 1. The lowest BCUT2D eigenvalue weighted by Gasteiger charge is -2.30. The first kappa shape index (κ1) is 10.1. The van der Waals surface area contributed by atoms with E-state index in [1.165, 1.54) is 6.07 Å². The SMILES string of the molecule is C[C@@H](C#N)N1CCc2cc(F)ccc2C1. The van der Waals surface area contributed by atoms with Gasteiger partial charge in [0.2, 0.25) is 0 Å². The van der Waals surface area contributed by atoms with Gasteiger partial charge in [-0.2, -0.15) is 5.26 Å². The molecule has 0 unspecified atom stereocenters. The van der Waals surface area contributed by atoms with E-state index in [-0.39, 0.29) is 11.9 Å². The van der Waals surface area contributed by atoms with Crippen molar-refractivity contribution in [2.24, 2.45) is 0 Å². The average Bonchev–Trinajstić information content (AvgIpc) is 2.27. The predicted molar refractivity (Wildman–Crippen MR) is 55.6 cm³/mol. The van der Waals surface area contributed by atoms with Crippen LogP contribution in [0.2, 0.25) is 0 Å². The number of nitrogens with zero attached hydrogens (tertiary/aromatic N) is 2. The third-order valence-electron chi connectivity index (χ3n) is 2.94. The number of nitriles is 1. The fraction of sp³-hybridized carbons (Fsp3) is 0.417. The highest BCUT2D eigenvalue weighted by Crippen LogP contribution is 2.21. The molecule has 1 heterocycles. The van der Waals surface area contributed by atoms with Crippen LogP contribution in [-0.2, 0) is 13.0 Å². The first-order chi connectivity index (χ1) is 7.20. The lowest BCUT2D eigenvalue weighted by Crippen LogP contribution is -2.36. The monoisotopic (exact) mass is 204 g/mol. The molecule has 2 rings (SSSR count). The van der Waals surface area contributed by atoms with Crippen LogP contribution in [0.4, 0.5) is 4.39 Å². The second-order valence-corrected chi connectivity index (χ2v) is 3.94. The fourth-order valence-electron chi connectivity index (χ4n) is 1.96. The van der Waals surface area contributed by atoms with Crippen molar-refractivity contribution in [3.8, 4) is 6.07 Å².